The molecule has 0 spiro atoms. The summed E-state index contributed by atoms with van der Waals surface area (Å²) in [5.74, 6) is -1.44. The Morgan fingerprint density at radius 1 is 0.880 bits per heavy atom. The van der Waals surface area contributed by atoms with Crippen LogP contribution in [0.4, 0.5) is 0 Å². The van der Waals surface area contributed by atoms with Crippen molar-refractivity contribution in [3.8, 4) is 0 Å². The number of unbranched alkanes of at least 4 members (excludes halogenated alkanes) is 2. The first-order valence-corrected chi connectivity index (χ1v) is 9.13. The molecule has 0 aliphatic carbocycles. The summed E-state index contributed by atoms with van der Waals surface area (Å²) in [4.78, 5) is 33.5. The standard InChI is InChI=1S/C18H32O7/c1-3-5-8-15(4-2)18(22)25-14-12-23-11-13-24-17(21)10-7-6-9-16(19)20/h15H,3-14H2,1-2H3,(H,19,20). The molecule has 0 aromatic rings. The van der Waals surface area contributed by atoms with Gasteiger partial charge in [-0.1, -0.05) is 26.7 Å². The SMILES string of the molecule is CCCCC(CC)C(=O)OCCOCCOC(=O)CCCCC(=O)O. The Bertz CT molecular complexity index is 382. The van der Waals surface area contributed by atoms with E-state index in [0.29, 0.717) is 12.8 Å². The second-order valence-electron chi connectivity index (χ2n) is 5.85. The minimum Gasteiger partial charge on any atom is -0.481 e. The van der Waals surface area contributed by atoms with Crippen molar-refractivity contribution in [3.05, 3.63) is 0 Å². The first-order valence-electron chi connectivity index (χ1n) is 9.13. The Balaban J connectivity index is 3.52. The number of hydrogen-bond acceptors (Lipinski definition) is 6. The fourth-order valence-electron chi connectivity index (χ4n) is 2.19. The monoisotopic (exact) mass is 360 g/mol. The third-order valence-electron chi connectivity index (χ3n) is 3.72. The van der Waals surface area contributed by atoms with Crippen molar-refractivity contribution in [3.63, 3.8) is 0 Å². The minimum atomic E-state index is -0.863. The highest BCUT2D eigenvalue weighted by Crippen LogP contribution is 2.14. The third-order valence-corrected chi connectivity index (χ3v) is 3.72. The van der Waals surface area contributed by atoms with Gasteiger partial charge in [-0.15, -0.1) is 0 Å². The summed E-state index contributed by atoms with van der Waals surface area (Å²) in [5.41, 5.74) is 0. The Hall–Kier alpha value is -1.63. The van der Waals surface area contributed by atoms with Gasteiger partial charge < -0.3 is 19.3 Å². The van der Waals surface area contributed by atoms with Crippen LogP contribution < -0.4 is 0 Å². The van der Waals surface area contributed by atoms with E-state index in [1.807, 2.05) is 6.92 Å². The van der Waals surface area contributed by atoms with E-state index in [4.69, 9.17) is 19.3 Å². The van der Waals surface area contributed by atoms with Gasteiger partial charge in [0.25, 0.3) is 0 Å². The van der Waals surface area contributed by atoms with Crippen LogP contribution >= 0.6 is 0 Å². The molecule has 0 fully saturated rings. The van der Waals surface area contributed by atoms with Crippen molar-refractivity contribution >= 4 is 17.9 Å². The van der Waals surface area contributed by atoms with Crippen molar-refractivity contribution in [2.24, 2.45) is 5.92 Å². The lowest BCUT2D eigenvalue weighted by molar-refractivity contribution is -0.151. The fraction of sp³-hybridized carbons (Fsp3) is 0.833. The lowest BCUT2D eigenvalue weighted by Gasteiger charge is -2.13. The molecule has 0 rings (SSSR count). The van der Waals surface area contributed by atoms with Gasteiger partial charge in [-0.05, 0) is 25.7 Å². The average molecular weight is 360 g/mol. The Morgan fingerprint density at radius 2 is 1.52 bits per heavy atom. The van der Waals surface area contributed by atoms with Crippen molar-refractivity contribution in [2.75, 3.05) is 26.4 Å². The van der Waals surface area contributed by atoms with E-state index in [9.17, 15) is 14.4 Å². The Morgan fingerprint density at radius 3 is 2.12 bits per heavy atom. The summed E-state index contributed by atoms with van der Waals surface area (Å²) < 4.78 is 15.4. The van der Waals surface area contributed by atoms with Gasteiger partial charge >= 0.3 is 17.9 Å². The van der Waals surface area contributed by atoms with Crippen LogP contribution in [0.15, 0.2) is 0 Å². The van der Waals surface area contributed by atoms with Crippen molar-refractivity contribution in [2.45, 2.75) is 65.2 Å². The zero-order chi connectivity index (χ0) is 18.9. The third kappa shape index (κ3) is 14.4. The maximum Gasteiger partial charge on any atom is 0.308 e. The molecular weight excluding hydrogens is 328 g/mol. The minimum absolute atomic E-state index is 0.0398. The van der Waals surface area contributed by atoms with Crippen LogP contribution in [0.3, 0.4) is 0 Å². The van der Waals surface area contributed by atoms with Crippen LogP contribution in [0, 0.1) is 5.92 Å². The molecule has 0 aliphatic heterocycles. The van der Waals surface area contributed by atoms with Gasteiger partial charge in [-0.3, -0.25) is 14.4 Å². The molecule has 1 N–H and O–H groups in total. The van der Waals surface area contributed by atoms with Gasteiger partial charge in [-0.25, -0.2) is 0 Å². The van der Waals surface area contributed by atoms with E-state index in [0.717, 1.165) is 25.7 Å². The Labute approximate surface area is 150 Å². The van der Waals surface area contributed by atoms with Crippen LogP contribution in [-0.2, 0) is 28.6 Å². The summed E-state index contributed by atoms with van der Waals surface area (Å²) in [6, 6.07) is 0. The molecule has 146 valence electrons. The molecule has 0 amide bonds. The van der Waals surface area contributed by atoms with E-state index < -0.39 is 5.97 Å². The molecule has 1 unspecified atom stereocenters. The second kappa shape index (κ2) is 15.9. The van der Waals surface area contributed by atoms with Gasteiger partial charge in [0, 0.05) is 12.8 Å². The molecule has 0 saturated heterocycles. The molecule has 1 atom stereocenters. The molecule has 0 saturated carbocycles. The highest BCUT2D eigenvalue weighted by Gasteiger charge is 2.16. The number of rotatable bonds is 16. The summed E-state index contributed by atoms with van der Waals surface area (Å²) >= 11 is 0. The smallest absolute Gasteiger partial charge is 0.308 e. The van der Waals surface area contributed by atoms with Gasteiger partial charge in [0.05, 0.1) is 19.1 Å². The number of carbonyl (C=O) groups is 3. The number of aliphatic carboxylic acids is 1. The summed E-state index contributed by atoms with van der Waals surface area (Å²) in [5, 5.41) is 8.48. The molecule has 0 heterocycles. The van der Waals surface area contributed by atoms with E-state index in [1.165, 1.54) is 0 Å². The van der Waals surface area contributed by atoms with E-state index >= 15 is 0 Å². The highest BCUT2D eigenvalue weighted by atomic mass is 16.6. The molecule has 7 heteroatoms. The predicted octanol–water partition coefficient (Wildman–Crippen LogP) is 2.95. The molecular formula is C18H32O7. The molecule has 0 bridgehead atoms. The maximum absolute atomic E-state index is 11.8. The average Bonchev–Trinajstić information content (AvgIpc) is 2.58. The molecule has 25 heavy (non-hydrogen) atoms. The maximum atomic E-state index is 11.8. The number of carboxylic acid groups (broad SMARTS) is 1. The quantitative estimate of drug-likeness (QED) is 0.334. The van der Waals surface area contributed by atoms with Gasteiger partial charge in [0.2, 0.25) is 0 Å². The Kier molecular flexibility index (Phi) is 14.8. The zero-order valence-corrected chi connectivity index (χ0v) is 15.5. The zero-order valence-electron chi connectivity index (χ0n) is 15.5. The first-order chi connectivity index (χ1) is 12.0. The van der Waals surface area contributed by atoms with E-state index in [1.54, 1.807) is 0 Å². The van der Waals surface area contributed by atoms with E-state index in [-0.39, 0.29) is 57.1 Å². The van der Waals surface area contributed by atoms with Gasteiger partial charge in [0.1, 0.15) is 13.2 Å². The molecule has 7 nitrogen and oxygen atoms in total. The van der Waals surface area contributed by atoms with Gasteiger partial charge in [-0.2, -0.15) is 0 Å². The summed E-state index contributed by atoms with van der Waals surface area (Å²) in [7, 11) is 0. The lowest BCUT2D eigenvalue weighted by Crippen LogP contribution is -2.20. The van der Waals surface area contributed by atoms with Crippen molar-refractivity contribution in [1.82, 2.24) is 0 Å². The van der Waals surface area contributed by atoms with Crippen LogP contribution in [-0.4, -0.2) is 49.4 Å². The largest absolute Gasteiger partial charge is 0.481 e. The topological polar surface area (TPSA) is 99.1 Å². The lowest BCUT2D eigenvalue weighted by atomic mass is 10.00. The summed E-state index contributed by atoms with van der Waals surface area (Å²) in [6.07, 6.45) is 4.95. The number of carbonyl (C=O) groups excluding carboxylic acids is 2. The number of ether oxygens (including phenoxy) is 3. The fourth-order valence-corrected chi connectivity index (χ4v) is 2.19. The van der Waals surface area contributed by atoms with Crippen molar-refractivity contribution < 1.29 is 33.7 Å². The van der Waals surface area contributed by atoms with Crippen LogP contribution in [0.2, 0.25) is 0 Å². The second-order valence-corrected chi connectivity index (χ2v) is 5.85. The predicted molar refractivity (Wildman–Crippen MR) is 92.1 cm³/mol. The molecule has 0 aliphatic rings. The first kappa shape index (κ1) is 23.4. The van der Waals surface area contributed by atoms with Crippen molar-refractivity contribution in [1.29, 1.82) is 0 Å². The molecule has 0 radical (unpaired) electrons. The summed E-state index contributed by atoms with van der Waals surface area (Å²) in [6.45, 7) is 4.92. The van der Waals surface area contributed by atoms with Crippen LogP contribution in [0.1, 0.15) is 65.2 Å². The molecule has 0 aromatic carbocycles. The van der Waals surface area contributed by atoms with Crippen LogP contribution in [0.5, 0.6) is 0 Å². The van der Waals surface area contributed by atoms with Crippen LogP contribution in [0.25, 0.3) is 0 Å². The number of hydrogen-bond donors (Lipinski definition) is 1. The molecule has 0 aromatic heterocycles. The normalized spacial score (nSPS) is 11.8. The highest BCUT2D eigenvalue weighted by molar-refractivity contribution is 5.72. The number of carboxylic acids is 1. The number of esters is 2. The van der Waals surface area contributed by atoms with E-state index in [2.05, 4.69) is 6.92 Å². The van der Waals surface area contributed by atoms with Gasteiger partial charge in [0.15, 0.2) is 0 Å².